The standard InChI is InChI=1S/C25H30F3N3O5/c1-7-8-17-19-22(31-23(29-17)33-10-9-25(26,27)28)35-21(30-19)16-11-14(2)20(15(3)12-16)34-13-18(32)36-24(4,5)6/h11-12H,7-10,13H2,1-6H3. The van der Waals surface area contributed by atoms with E-state index in [0.29, 0.717) is 28.9 Å². The molecule has 196 valence electrons. The first kappa shape index (κ1) is 27.2. The summed E-state index contributed by atoms with van der Waals surface area (Å²) in [6.45, 7) is 10.1. The van der Waals surface area contributed by atoms with Gasteiger partial charge in [-0.15, -0.1) is 0 Å². The fourth-order valence-electron chi connectivity index (χ4n) is 3.52. The quantitative estimate of drug-likeness (QED) is 0.329. The fraction of sp³-hybridized carbons (Fsp3) is 0.520. The zero-order valence-corrected chi connectivity index (χ0v) is 21.2. The number of ether oxygens (including phenoxy) is 3. The van der Waals surface area contributed by atoms with Crippen LogP contribution >= 0.6 is 0 Å². The number of fused-ring (bicyclic) bond motifs is 1. The Balaban J connectivity index is 1.86. The molecule has 2 aromatic heterocycles. The number of rotatable bonds is 9. The number of hydrogen-bond acceptors (Lipinski definition) is 8. The average Bonchev–Trinajstić information content (AvgIpc) is 3.15. The molecular weight excluding hydrogens is 479 g/mol. The number of carbonyl (C=O) groups is 1. The molecule has 0 amide bonds. The topological polar surface area (TPSA) is 96.6 Å². The molecule has 0 saturated carbocycles. The van der Waals surface area contributed by atoms with E-state index in [-0.39, 0.29) is 24.2 Å². The predicted octanol–water partition coefficient (Wildman–Crippen LogP) is 5.91. The molecule has 0 spiro atoms. The van der Waals surface area contributed by atoms with Crippen LogP contribution in [0.3, 0.4) is 0 Å². The van der Waals surface area contributed by atoms with Crippen molar-refractivity contribution < 1.29 is 36.6 Å². The van der Waals surface area contributed by atoms with Gasteiger partial charge in [0, 0.05) is 5.56 Å². The lowest BCUT2D eigenvalue weighted by Crippen LogP contribution is -2.27. The molecule has 0 saturated heterocycles. The van der Waals surface area contributed by atoms with Crippen molar-refractivity contribution in [1.82, 2.24) is 15.0 Å². The van der Waals surface area contributed by atoms with Gasteiger partial charge in [-0.3, -0.25) is 0 Å². The lowest BCUT2D eigenvalue weighted by Gasteiger charge is -2.20. The fourth-order valence-corrected chi connectivity index (χ4v) is 3.52. The van der Waals surface area contributed by atoms with Crippen molar-refractivity contribution in [2.45, 2.75) is 72.6 Å². The zero-order valence-electron chi connectivity index (χ0n) is 21.2. The summed E-state index contributed by atoms with van der Waals surface area (Å²) < 4.78 is 59.4. The molecule has 0 aliphatic carbocycles. The molecule has 11 heteroatoms. The Morgan fingerprint density at radius 3 is 2.28 bits per heavy atom. The molecule has 0 fully saturated rings. The Bertz CT molecular complexity index is 1210. The largest absolute Gasteiger partial charge is 0.481 e. The summed E-state index contributed by atoms with van der Waals surface area (Å²) in [6.07, 6.45) is -4.19. The van der Waals surface area contributed by atoms with Crippen molar-refractivity contribution >= 4 is 17.2 Å². The number of aryl methyl sites for hydroxylation is 3. The second-order valence-corrected chi connectivity index (χ2v) is 9.40. The Kier molecular flexibility index (Phi) is 8.10. The van der Waals surface area contributed by atoms with Crippen molar-refractivity contribution in [3.63, 3.8) is 0 Å². The van der Waals surface area contributed by atoms with Crippen LogP contribution in [-0.4, -0.2) is 45.9 Å². The summed E-state index contributed by atoms with van der Waals surface area (Å²) in [6, 6.07) is 3.42. The summed E-state index contributed by atoms with van der Waals surface area (Å²) in [5.41, 5.74) is 2.64. The van der Waals surface area contributed by atoms with Gasteiger partial charge in [-0.25, -0.2) is 9.78 Å². The maximum absolute atomic E-state index is 12.5. The summed E-state index contributed by atoms with van der Waals surface area (Å²) in [5.74, 6) is 0.348. The monoisotopic (exact) mass is 509 g/mol. The Hall–Kier alpha value is -3.37. The van der Waals surface area contributed by atoms with Gasteiger partial charge >= 0.3 is 18.2 Å². The minimum atomic E-state index is -4.34. The van der Waals surface area contributed by atoms with E-state index in [1.807, 2.05) is 20.8 Å². The van der Waals surface area contributed by atoms with Gasteiger partial charge in [0.2, 0.25) is 5.89 Å². The van der Waals surface area contributed by atoms with E-state index >= 15 is 0 Å². The molecule has 0 N–H and O–H groups in total. The molecule has 0 unspecified atom stereocenters. The second-order valence-electron chi connectivity index (χ2n) is 9.40. The van der Waals surface area contributed by atoms with Crippen molar-refractivity contribution in [3.05, 3.63) is 29.0 Å². The third kappa shape index (κ3) is 7.32. The van der Waals surface area contributed by atoms with Gasteiger partial charge in [-0.05, 0) is 64.3 Å². The van der Waals surface area contributed by atoms with E-state index in [9.17, 15) is 18.0 Å². The maximum Gasteiger partial charge on any atom is 0.392 e. The van der Waals surface area contributed by atoms with Crippen LogP contribution in [0.2, 0.25) is 0 Å². The van der Waals surface area contributed by atoms with E-state index in [4.69, 9.17) is 18.6 Å². The van der Waals surface area contributed by atoms with Crippen molar-refractivity contribution in [3.8, 4) is 23.2 Å². The van der Waals surface area contributed by atoms with Crippen LogP contribution in [-0.2, 0) is 16.0 Å². The summed E-state index contributed by atoms with van der Waals surface area (Å²) in [4.78, 5) is 24.9. The van der Waals surface area contributed by atoms with E-state index in [0.717, 1.165) is 17.5 Å². The van der Waals surface area contributed by atoms with Gasteiger partial charge in [0.1, 0.15) is 18.0 Å². The first-order valence-electron chi connectivity index (χ1n) is 11.6. The normalized spacial score (nSPS) is 12.1. The first-order chi connectivity index (χ1) is 16.8. The van der Waals surface area contributed by atoms with Crippen molar-refractivity contribution in [2.75, 3.05) is 13.2 Å². The summed E-state index contributed by atoms with van der Waals surface area (Å²) in [5, 5.41) is 0. The second kappa shape index (κ2) is 10.7. The highest BCUT2D eigenvalue weighted by molar-refractivity contribution is 5.76. The highest BCUT2D eigenvalue weighted by Gasteiger charge is 2.27. The Morgan fingerprint density at radius 2 is 1.69 bits per heavy atom. The van der Waals surface area contributed by atoms with E-state index in [1.165, 1.54) is 0 Å². The molecule has 0 aliphatic rings. The highest BCUT2D eigenvalue weighted by atomic mass is 19.4. The van der Waals surface area contributed by atoms with Crippen LogP contribution in [0.25, 0.3) is 22.7 Å². The lowest BCUT2D eigenvalue weighted by atomic mass is 10.1. The van der Waals surface area contributed by atoms with Crippen LogP contribution in [0.15, 0.2) is 16.5 Å². The number of nitrogens with zero attached hydrogens (tertiary/aromatic N) is 3. The SMILES string of the molecule is CCCc1nc(OCCC(F)(F)F)nc2oc(-c3cc(C)c(OCC(=O)OC(C)(C)C)c(C)c3)nc12. The molecule has 1 aromatic carbocycles. The van der Waals surface area contributed by atoms with Crippen molar-refractivity contribution in [1.29, 1.82) is 0 Å². The smallest absolute Gasteiger partial charge is 0.392 e. The molecule has 36 heavy (non-hydrogen) atoms. The number of oxazole rings is 1. The van der Waals surface area contributed by atoms with Gasteiger partial charge in [-0.1, -0.05) is 13.3 Å². The maximum atomic E-state index is 12.5. The molecule has 3 rings (SSSR count). The molecule has 0 radical (unpaired) electrons. The average molecular weight is 510 g/mol. The molecule has 8 nitrogen and oxygen atoms in total. The number of halogens is 3. The minimum absolute atomic E-state index is 0.131. The zero-order chi connectivity index (χ0) is 26.7. The number of hydrogen-bond donors (Lipinski definition) is 0. The van der Waals surface area contributed by atoms with Gasteiger partial charge in [0.25, 0.3) is 5.71 Å². The van der Waals surface area contributed by atoms with Crippen LogP contribution in [0.1, 0.15) is 57.4 Å². The van der Waals surface area contributed by atoms with Gasteiger partial charge in [-0.2, -0.15) is 23.1 Å². The molecular formula is C25H30F3N3O5. The number of aromatic nitrogens is 3. The summed E-state index contributed by atoms with van der Waals surface area (Å²) >= 11 is 0. The minimum Gasteiger partial charge on any atom is -0.481 e. The molecule has 0 atom stereocenters. The van der Waals surface area contributed by atoms with Gasteiger partial charge in [0.15, 0.2) is 12.1 Å². The van der Waals surface area contributed by atoms with E-state index in [2.05, 4.69) is 15.0 Å². The number of carbonyl (C=O) groups excluding carboxylic acids is 1. The van der Waals surface area contributed by atoms with E-state index in [1.54, 1.807) is 32.9 Å². The number of benzene rings is 1. The van der Waals surface area contributed by atoms with Crippen LogP contribution in [0.5, 0.6) is 11.8 Å². The number of esters is 1. The predicted molar refractivity (Wildman–Crippen MR) is 126 cm³/mol. The number of alkyl halides is 3. The summed E-state index contributed by atoms with van der Waals surface area (Å²) in [7, 11) is 0. The van der Waals surface area contributed by atoms with Gasteiger partial charge in [0.05, 0.1) is 12.1 Å². The highest BCUT2D eigenvalue weighted by Crippen LogP contribution is 2.32. The molecule has 0 aliphatic heterocycles. The Morgan fingerprint density at radius 1 is 1.03 bits per heavy atom. The third-order valence-corrected chi connectivity index (χ3v) is 4.88. The first-order valence-corrected chi connectivity index (χ1v) is 11.6. The third-order valence-electron chi connectivity index (χ3n) is 4.88. The molecule has 3 aromatic rings. The van der Waals surface area contributed by atoms with Crippen LogP contribution < -0.4 is 9.47 Å². The lowest BCUT2D eigenvalue weighted by molar-refractivity contribution is -0.157. The molecule has 0 bridgehead atoms. The van der Waals surface area contributed by atoms with Gasteiger partial charge < -0.3 is 18.6 Å². The van der Waals surface area contributed by atoms with E-state index < -0.39 is 30.8 Å². The Labute approximate surface area is 207 Å². The van der Waals surface area contributed by atoms with Crippen molar-refractivity contribution in [2.24, 2.45) is 0 Å². The molecule has 2 heterocycles. The van der Waals surface area contributed by atoms with Crippen LogP contribution in [0.4, 0.5) is 13.2 Å². The van der Waals surface area contributed by atoms with Crippen LogP contribution in [0, 0.1) is 13.8 Å².